The van der Waals surface area contributed by atoms with E-state index in [1.54, 1.807) is 0 Å². The Bertz CT molecular complexity index is 1040. The van der Waals surface area contributed by atoms with Crippen molar-refractivity contribution in [3.8, 4) is 0 Å². The van der Waals surface area contributed by atoms with Gasteiger partial charge in [0.1, 0.15) is 5.82 Å². The summed E-state index contributed by atoms with van der Waals surface area (Å²) >= 11 is 0. The summed E-state index contributed by atoms with van der Waals surface area (Å²) < 4.78 is 74.8. The van der Waals surface area contributed by atoms with Crippen LogP contribution in [0.3, 0.4) is 0 Å². The standard InChI is InChI=1S/C16H12F5N5O2/c1-6-10-8(17)2-3-9(18)11(10)28-12(6)16(21,13(19)20)26-15(27)25-7-4-23-14(22)24-5-7/h2-5,13H,1H3,(H2,22,23,24)(H2,25,26,27). The Labute approximate surface area is 153 Å². The quantitative estimate of drug-likeness (QED) is 0.458. The van der Waals surface area contributed by atoms with E-state index in [2.05, 4.69) is 9.97 Å². The van der Waals surface area contributed by atoms with Crippen molar-refractivity contribution < 1.29 is 31.2 Å². The molecule has 148 valence electrons. The smallest absolute Gasteiger partial charge is 0.322 e. The average molecular weight is 401 g/mol. The number of hydrogen-bond donors (Lipinski definition) is 3. The largest absolute Gasteiger partial charge is 0.452 e. The maximum absolute atomic E-state index is 15.1. The topological polar surface area (TPSA) is 106 Å². The molecule has 4 N–H and O–H groups in total. The first-order valence-electron chi connectivity index (χ1n) is 7.64. The van der Waals surface area contributed by atoms with Crippen molar-refractivity contribution in [3.05, 3.63) is 47.5 Å². The summed E-state index contributed by atoms with van der Waals surface area (Å²) in [4.78, 5) is 19.1. The Balaban J connectivity index is 1.98. The number of nitrogens with zero attached hydrogens (tertiary/aromatic N) is 2. The van der Waals surface area contributed by atoms with Gasteiger partial charge in [0.15, 0.2) is 17.2 Å². The molecule has 28 heavy (non-hydrogen) atoms. The number of benzene rings is 1. The van der Waals surface area contributed by atoms with Crippen LogP contribution < -0.4 is 16.4 Å². The number of nitrogen functional groups attached to an aromatic ring is 1. The molecule has 3 rings (SSSR count). The molecular formula is C16H12F5N5O2. The van der Waals surface area contributed by atoms with Gasteiger partial charge in [-0.15, -0.1) is 0 Å². The number of carbonyl (C=O) groups excluding carboxylic acids is 1. The van der Waals surface area contributed by atoms with Crippen LogP contribution in [0, 0.1) is 18.6 Å². The number of fused-ring (bicyclic) bond motifs is 1. The van der Waals surface area contributed by atoms with Gasteiger partial charge in [-0.3, -0.25) is 5.32 Å². The molecule has 2 amide bonds. The minimum Gasteiger partial charge on any atom is -0.452 e. The van der Waals surface area contributed by atoms with Crippen molar-refractivity contribution in [2.24, 2.45) is 0 Å². The zero-order chi connectivity index (χ0) is 20.6. The molecule has 3 aromatic rings. The van der Waals surface area contributed by atoms with Crippen LogP contribution in [0.2, 0.25) is 0 Å². The number of aryl methyl sites for hydroxylation is 1. The van der Waals surface area contributed by atoms with Gasteiger partial charge in [0, 0.05) is 5.56 Å². The number of amides is 2. The van der Waals surface area contributed by atoms with E-state index in [0.29, 0.717) is 6.07 Å². The van der Waals surface area contributed by atoms with Crippen LogP contribution in [-0.4, -0.2) is 22.4 Å². The molecule has 0 aliphatic carbocycles. The molecule has 0 fully saturated rings. The first-order valence-corrected chi connectivity index (χ1v) is 7.64. The van der Waals surface area contributed by atoms with E-state index in [-0.39, 0.29) is 11.6 Å². The number of urea groups is 1. The normalized spacial score (nSPS) is 13.5. The molecule has 12 heteroatoms. The third-order valence-electron chi connectivity index (χ3n) is 3.83. The highest BCUT2D eigenvalue weighted by atomic mass is 19.3. The van der Waals surface area contributed by atoms with Crippen LogP contribution in [0.4, 0.5) is 38.4 Å². The Hall–Kier alpha value is -3.44. The lowest BCUT2D eigenvalue weighted by molar-refractivity contribution is -0.0664. The number of furan rings is 1. The SMILES string of the molecule is Cc1c(C(F)(NC(=O)Nc2cnc(N)nc2)C(F)F)oc2c(F)ccc(F)c12. The number of anilines is 2. The average Bonchev–Trinajstić information content (AvgIpc) is 2.99. The summed E-state index contributed by atoms with van der Waals surface area (Å²) in [6.07, 6.45) is -1.71. The molecule has 0 saturated heterocycles. The van der Waals surface area contributed by atoms with Crippen molar-refractivity contribution >= 4 is 28.6 Å². The highest BCUT2D eigenvalue weighted by Gasteiger charge is 2.49. The van der Waals surface area contributed by atoms with Crippen molar-refractivity contribution in [3.63, 3.8) is 0 Å². The molecule has 0 saturated carbocycles. The van der Waals surface area contributed by atoms with Crippen molar-refractivity contribution in [1.29, 1.82) is 0 Å². The number of halogens is 5. The summed E-state index contributed by atoms with van der Waals surface area (Å²) in [5.74, 6) is -7.19. The van der Waals surface area contributed by atoms with E-state index in [1.165, 1.54) is 5.32 Å². The lowest BCUT2D eigenvalue weighted by Gasteiger charge is -2.24. The second-order valence-electron chi connectivity index (χ2n) is 5.71. The maximum Gasteiger partial charge on any atom is 0.322 e. The highest BCUT2D eigenvalue weighted by molar-refractivity contribution is 5.90. The summed E-state index contributed by atoms with van der Waals surface area (Å²) in [5, 5.41) is 2.94. The van der Waals surface area contributed by atoms with Crippen LogP contribution in [-0.2, 0) is 5.79 Å². The Morgan fingerprint density at radius 2 is 1.82 bits per heavy atom. The zero-order valence-electron chi connectivity index (χ0n) is 14.1. The molecule has 1 atom stereocenters. The Morgan fingerprint density at radius 1 is 1.21 bits per heavy atom. The van der Waals surface area contributed by atoms with Crippen molar-refractivity contribution in [2.45, 2.75) is 19.1 Å². The highest BCUT2D eigenvalue weighted by Crippen LogP contribution is 2.39. The molecule has 0 spiro atoms. The fraction of sp³-hybridized carbons (Fsp3) is 0.188. The van der Waals surface area contributed by atoms with Gasteiger partial charge in [0.2, 0.25) is 5.95 Å². The second-order valence-corrected chi connectivity index (χ2v) is 5.71. The number of aromatic nitrogens is 2. The van der Waals surface area contributed by atoms with Gasteiger partial charge in [-0.1, -0.05) is 0 Å². The third-order valence-corrected chi connectivity index (χ3v) is 3.83. The molecule has 0 aliphatic rings. The summed E-state index contributed by atoms with van der Waals surface area (Å²) in [7, 11) is 0. The fourth-order valence-electron chi connectivity index (χ4n) is 2.56. The molecule has 0 bridgehead atoms. The van der Waals surface area contributed by atoms with Gasteiger partial charge in [-0.25, -0.2) is 36.7 Å². The van der Waals surface area contributed by atoms with E-state index < -0.39 is 52.2 Å². The van der Waals surface area contributed by atoms with Crippen LogP contribution >= 0.6 is 0 Å². The van der Waals surface area contributed by atoms with E-state index >= 15 is 4.39 Å². The Kier molecular flexibility index (Phi) is 4.79. The van der Waals surface area contributed by atoms with Crippen LogP contribution in [0.25, 0.3) is 11.0 Å². The lowest BCUT2D eigenvalue weighted by Crippen LogP contribution is -2.49. The van der Waals surface area contributed by atoms with Gasteiger partial charge >= 0.3 is 11.8 Å². The number of alkyl halides is 3. The van der Waals surface area contributed by atoms with Crippen LogP contribution in [0.5, 0.6) is 0 Å². The van der Waals surface area contributed by atoms with E-state index in [4.69, 9.17) is 10.2 Å². The molecule has 0 radical (unpaired) electrons. The lowest BCUT2D eigenvalue weighted by atomic mass is 10.1. The molecule has 7 nitrogen and oxygen atoms in total. The number of nitrogens with one attached hydrogen (secondary N) is 2. The fourth-order valence-corrected chi connectivity index (χ4v) is 2.56. The van der Waals surface area contributed by atoms with Crippen LogP contribution in [0.15, 0.2) is 28.9 Å². The first-order chi connectivity index (χ1) is 13.1. The Morgan fingerprint density at radius 3 is 2.39 bits per heavy atom. The second kappa shape index (κ2) is 6.94. The molecule has 1 aromatic carbocycles. The number of carbonyl (C=O) groups is 1. The molecule has 2 aromatic heterocycles. The van der Waals surface area contributed by atoms with Crippen molar-refractivity contribution in [2.75, 3.05) is 11.1 Å². The predicted octanol–water partition coefficient (Wildman–Crippen LogP) is 3.60. The number of nitrogens with two attached hydrogens (primary N) is 1. The third kappa shape index (κ3) is 3.28. The van der Waals surface area contributed by atoms with E-state index in [1.807, 2.05) is 5.32 Å². The molecule has 0 aliphatic heterocycles. The minimum absolute atomic E-state index is 0.0678. The summed E-state index contributed by atoms with van der Waals surface area (Å²) in [6.45, 7) is 1.06. The van der Waals surface area contributed by atoms with Crippen molar-refractivity contribution in [1.82, 2.24) is 15.3 Å². The van der Waals surface area contributed by atoms with E-state index in [0.717, 1.165) is 25.4 Å². The molecule has 2 heterocycles. The summed E-state index contributed by atoms with van der Waals surface area (Å²) in [5.41, 5.74) is 4.03. The number of rotatable bonds is 4. The zero-order valence-corrected chi connectivity index (χ0v) is 14.1. The van der Waals surface area contributed by atoms with Crippen LogP contribution in [0.1, 0.15) is 11.3 Å². The van der Waals surface area contributed by atoms with Gasteiger partial charge in [0.25, 0.3) is 6.43 Å². The van der Waals surface area contributed by atoms with Gasteiger partial charge < -0.3 is 15.5 Å². The first kappa shape index (κ1) is 19.3. The molecule has 1 unspecified atom stereocenters. The molecular weight excluding hydrogens is 389 g/mol. The number of hydrogen-bond acceptors (Lipinski definition) is 5. The van der Waals surface area contributed by atoms with Gasteiger partial charge in [-0.2, -0.15) is 0 Å². The van der Waals surface area contributed by atoms with Gasteiger partial charge in [-0.05, 0) is 19.1 Å². The predicted molar refractivity (Wildman–Crippen MR) is 88.3 cm³/mol. The summed E-state index contributed by atoms with van der Waals surface area (Å²) in [6, 6.07) is 0.0403. The monoisotopic (exact) mass is 401 g/mol. The minimum atomic E-state index is -3.87. The van der Waals surface area contributed by atoms with E-state index in [9.17, 15) is 22.4 Å². The van der Waals surface area contributed by atoms with Gasteiger partial charge in [0.05, 0.1) is 23.5 Å². The maximum atomic E-state index is 15.1.